The van der Waals surface area contributed by atoms with Crippen LogP contribution >= 0.6 is 0 Å². The Bertz CT molecular complexity index is 840. The van der Waals surface area contributed by atoms with Crippen LogP contribution in [0.4, 0.5) is 14.5 Å². The minimum absolute atomic E-state index is 0.145. The normalized spacial score (nSPS) is 18.8. The van der Waals surface area contributed by atoms with Gasteiger partial charge in [0.25, 0.3) is 5.91 Å². The van der Waals surface area contributed by atoms with Gasteiger partial charge in [0, 0.05) is 17.3 Å². The van der Waals surface area contributed by atoms with Gasteiger partial charge in [-0.1, -0.05) is 30.3 Å². The SMILES string of the molecule is O=C(C[NH+]1CC[NH+](Cc2ccccc2)CC1)NCC(=O)Nc1ccc(F)c(F)c1. The Hall–Kier alpha value is -2.84. The molecule has 4 N–H and O–H groups in total. The lowest BCUT2D eigenvalue weighted by Gasteiger charge is -2.29. The van der Waals surface area contributed by atoms with Gasteiger partial charge in [-0.15, -0.1) is 0 Å². The number of carbonyl (C=O) groups is 2. The van der Waals surface area contributed by atoms with E-state index < -0.39 is 17.5 Å². The lowest BCUT2D eigenvalue weighted by Crippen LogP contribution is -3.28. The number of carbonyl (C=O) groups excluding carboxylic acids is 2. The molecule has 2 aromatic carbocycles. The number of benzene rings is 2. The Morgan fingerprint density at radius 3 is 2.24 bits per heavy atom. The van der Waals surface area contributed by atoms with Gasteiger partial charge in [0.05, 0.1) is 6.54 Å². The molecule has 1 aliphatic rings. The molecule has 6 nitrogen and oxygen atoms in total. The fourth-order valence-corrected chi connectivity index (χ4v) is 3.44. The van der Waals surface area contributed by atoms with Crippen molar-refractivity contribution >= 4 is 17.5 Å². The molecule has 0 aromatic heterocycles. The average Bonchev–Trinajstić information content (AvgIpc) is 2.71. The number of hydrogen-bond donors (Lipinski definition) is 4. The van der Waals surface area contributed by atoms with Crippen molar-refractivity contribution in [3.05, 3.63) is 65.7 Å². The third-order valence-corrected chi connectivity index (χ3v) is 5.02. The molecule has 3 rings (SSSR count). The lowest BCUT2D eigenvalue weighted by molar-refractivity contribution is -1.02. The van der Waals surface area contributed by atoms with E-state index >= 15 is 0 Å². The van der Waals surface area contributed by atoms with Gasteiger partial charge in [-0.25, -0.2) is 8.78 Å². The van der Waals surface area contributed by atoms with Crippen LogP contribution in [0, 0.1) is 11.6 Å². The van der Waals surface area contributed by atoms with Crippen LogP contribution in [-0.4, -0.2) is 51.1 Å². The van der Waals surface area contributed by atoms with E-state index in [0.717, 1.165) is 44.9 Å². The molecule has 0 atom stereocenters. The molecule has 0 aliphatic carbocycles. The van der Waals surface area contributed by atoms with Gasteiger partial charge in [0.15, 0.2) is 18.2 Å². The monoisotopic (exact) mass is 404 g/mol. The fourth-order valence-electron chi connectivity index (χ4n) is 3.44. The standard InChI is InChI=1S/C21H24F2N4O2/c22-18-7-6-17(12-19(18)23)25-20(28)13-24-21(29)15-27-10-8-26(9-11-27)14-16-4-2-1-3-5-16/h1-7,12H,8-11,13-15H2,(H,24,29)(H,25,28)/p+2. The third-order valence-electron chi connectivity index (χ3n) is 5.02. The highest BCUT2D eigenvalue weighted by atomic mass is 19.2. The maximum atomic E-state index is 13.2. The number of piperazine rings is 1. The summed E-state index contributed by atoms with van der Waals surface area (Å²) in [4.78, 5) is 26.7. The Morgan fingerprint density at radius 2 is 1.55 bits per heavy atom. The Labute approximate surface area is 168 Å². The number of anilines is 1. The molecule has 2 aromatic rings. The van der Waals surface area contributed by atoms with E-state index in [0.29, 0.717) is 6.54 Å². The number of amides is 2. The molecule has 154 valence electrons. The average molecular weight is 404 g/mol. The highest BCUT2D eigenvalue weighted by Crippen LogP contribution is 2.12. The highest BCUT2D eigenvalue weighted by molar-refractivity contribution is 5.94. The molecular weight excluding hydrogens is 378 g/mol. The molecule has 1 fully saturated rings. The molecule has 0 unspecified atom stereocenters. The molecule has 1 saturated heterocycles. The van der Waals surface area contributed by atoms with Gasteiger partial charge < -0.3 is 20.4 Å². The van der Waals surface area contributed by atoms with Gasteiger partial charge >= 0.3 is 0 Å². The van der Waals surface area contributed by atoms with Crippen molar-refractivity contribution in [2.24, 2.45) is 0 Å². The topological polar surface area (TPSA) is 67.1 Å². The van der Waals surface area contributed by atoms with Crippen molar-refractivity contribution in [2.75, 3.05) is 44.6 Å². The Balaban J connectivity index is 1.34. The van der Waals surface area contributed by atoms with E-state index in [1.807, 2.05) is 18.2 Å². The first-order valence-electron chi connectivity index (χ1n) is 9.72. The van der Waals surface area contributed by atoms with Crippen molar-refractivity contribution in [2.45, 2.75) is 6.54 Å². The first-order valence-corrected chi connectivity index (χ1v) is 9.72. The van der Waals surface area contributed by atoms with Gasteiger partial charge in [-0.3, -0.25) is 9.59 Å². The molecule has 29 heavy (non-hydrogen) atoms. The van der Waals surface area contributed by atoms with E-state index in [4.69, 9.17) is 0 Å². The minimum atomic E-state index is -1.04. The molecular formula is C21H26F2N4O2+2. The molecule has 0 bridgehead atoms. The summed E-state index contributed by atoms with van der Waals surface area (Å²) in [6.07, 6.45) is 0. The second-order valence-corrected chi connectivity index (χ2v) is 7.29. The molecule has 1 heterocycles. The van der Waals surface area contributed by atoms with Crippen LogP contribution in [0.15, 0.2) is 48.5 Å². The predicted molar refractivity (Wildman–Crippen MR) is 104 cm³/mol. The van der Waals surface area contributed by atoms with Crippen molar-refractivity contribution < 1.29 is 28.2 Å². The Morgan fingerprint density at radius 1 is 0.862 bits per heavy atom. The summed E-state index contributed by atoms with van der Waals surface area (Å²) in [7, 11) is 0. The number of quaternary nitrogens is 2. The van der Waals surface area contributed by atoms with Crippen LogP contribution in [0.2, 0.25) is 0 Å². The quantitative estimate of drug-likeness (QED) is 0.479. The Kier molecular flexibility index (Phi) is 7.26. The van der Waals surface area contributed by atoms with Crippen molar-refractivity contribution in [3.63, 3.8) is 0 Å². The van der Waals surface area contributed by atoms with Crippen LogP contribution in [0.3, 0.4) is 0 Å². The molecule has 2 amide bonds. The van der Waals surface area contributed by atoms with Crippen LogP contribution in [-0.2, 0) is 16.1 Å². The maximum Gasteiger partial charge on any atom is 0.275 e. The molecule has 0 saturated carbocycles. The molecule has 1 aliphatic heterocycles. The second kappa shape index (κ2) is 10.1. The molecule has 0 radical (unpaired) electrons. The molecule has 8 heteroatoms. The lowest BCUT2D eigenvalue weighted by atomic mass is 10.2. The van der Waals surface area contributed by atoms with E-state index in [9.17, 15) is 18.4 Å². The van der Waals surface area contributed by atoms with Gasteiger partial charge in [0.2, 0.25) is 5.91 Å². The van der Waals surface area contributed by atoms with Crippen LogP contribution in [0.5, 0.6) is 0 Å². The second-order valence-electron chi connectivity index (χ2n) is 7.29. The first kappa shape index (κ1) is 20.9. The van der Waals surface area contributed by atoms with Crippen molar-refractivity contribution in [1.82, 2.24) is 5.32 Å². The van der Waals surface area contributed by atoms with Crippen molar-refractivity contribution in [3.8, 4) is 0 Å². The van der Waals surface area contributed by atoms with Gasteiger partial charge in [-0.2, -0.15) is 0 Å². The zero-order valence-electron chi connectivity index (χ0n) is 16.1. The van der Waals surface area contributed by atoms with E-state index in [1.54, 1.807) is 0 Å². The summed E-state index contributed by atoms with van der Waals surface area (Å²) in [5, 5.41) is 5.01. The van der Waals surface area contributed by atoms with Crippen LogP contribution < -0.4 is 20.4 Å². The van der Waals surface area contributed by atoms with Crippen molar-refractivity contribution in [1.29, 1.82) is 0 Å². The predicted octanol–water partition coefficient (Wildman–Crippen LogP) is -0.997. The minimum Gasteiger partial charge on any atom is -0.342 e. The summed E-state index contributed by atoms with van der Waals surface area (Å²) in [6, 6.07) is 13.5. The zero-order chi connectivity index (χ0) is 20.6. The van der Waals surface area contributed by atoms with E-state index in [1.165, 1.54) is 21.4 Å². The largest absolute Gasteiger partial charge is 0.342 e. The van der Waals surface area contributed by atoms with Gasteiger partial charge in [0.1, 0.15) is 32.7 Å². The van der Waals surface area contributed by atoms with Crippen LogP contribution in [0.1, 0.15) is 5.56 Å². The maximum absolute atomic E-state index is 13.2. The number of hydrogen-bond acceptors (Lipinski definition) is 2. The summed E-state index contributed by atoms with van der Waals surface area (Å²) in [5.41, 5.74) is 1.46. The summed E-state index contributed by atoms with van der Waals surface area (Å²) in [5.74, 6) is -2.71. The number of rotatable bonds is 7. The van der Waals surface area contributed by atoms with E-state index in [-0.39, 0.29) is 18.1 Å². The first-order chi connectivity index (χ1) is 14.0. The summed E-state index contributed by atoms with van der Waals surface area (Å²) in [6.45, 7) is 4.88. The highest BCUT2D eigenvalue weighted by Gasteiger charge is 2.24. The number of nitrogens with one attached hydrogen (secondary N) is 4. The summed E-state index contributed by atoms with van der Waals surface area (Å²) >= 11 is 0. The molecule has 0 spiro atoms. The van der Waals surface area contributed by atoms with E-state index in [2.05, 4.69) is 22.8 Å². The third kappa shape index (κ3) is 6.62. The smallest absolute Gasteiger partial charge is 0.275 e. The van der Waals surface area contributed by atoms with Crippen LogP contribution in [0.25, 0.3) is 0 Å². The zero-order valence-corrected chi connectivity index (χ0v) is 16.1. The fraction of sp³-hybridized carbons (Fsp3) is 0.333. The van der Waals surface area contributed by atoms with Gasteiger partial charge in [-0.05, 0) is 12.1 Å². The summed E-state index contributed by atoms with van der Waals surface area (Å²) < 4.78 is 26.1. The number of halogens is 2.